The molecule has 0 spiro atoms. The molecule has 0 amide bonds. The van der Waals surface area contributed by atoms with Gasteiger partial charge in [0.25, 0.3) is 5.69 Å². The number of ether oxygens (including phenoxy) is 2. The van der Waals surface area contributed by atoms with Gasteiger partial charge >= 0.3 is 5.97 Å². The first-order valence-electron chi connectivity index (χ1n) is 8.00. The van der Waals surface area contributed by atoms with Crippen molar-refractivity contribution in [2.75, 3.05) is 7.11 Å². The lowest BCUT2D eigenvalue weighted by Gasteiger charge is -2.14. The van der Waals surface area contributed by atoms with Crippen molar-refractivity contribution in [3.63, 3.8) is 0 Å². The highest BCUT2D eigenvalue weighted by Gasteiger charge is 2.18. The predicted octanol–water partition coefficient (Wildman–Crippen LogP) is 4.82. The molecule has 7 nitrogen and oxygen atoms in total. The van der Waals surface area contributed by atoms with E-state index in [2.05, 4.69) is 36.6 Å². The number of aliphatic hydroxyl groups is 1. The van der Waals surface area contributed by atoms with Gasteiger partial charge in [0.05, 0.1) is 33.5 Å². The summed E-state index contributed by atoms with van der Waals surface area (Å²) < 4.78 is 11.5. The quantitative estimate of drug-likeness (QED) is 0.295. The number of hydrogen-bond donors (Lipinski definition) is 1. The zero-order valence-corrected chi connectivity index (χ0v) is 18.6. The number of rotatable bonds is 8. The predicted molar refractivity (Wildman–Crippen MR) is 111 cm³/mol. The highest BCUT2D eigenvalue weighted by atomic mass is 79.9. The smallest absolute Gasteiger partial charge is 0.308 e. The Kier molecular flexibility index (Phi) is 8.23. The van der Waals surface area contributed by atoms with E-state index >= 15 is 0 Å². The van der Waals surface area contributed by atoms with E-state index in [4.69, 9.17) is 16.3 Å². The molecule has 0 saturated heterocycles. The molecule has 0 bridgehead atoms. The lowest BCUT2D eigenvalue weighted by molar-refractivity contribution is -0.384. The number of halogens is 3. The molecule has 1 N–H and O–H groups in total. The molecule has 2 aromatic carbocycles. The van der Waals surface area contributed by atoms with E-state index in [0.29, 0.717) is 20.3 Å². The number of nitrogens with zero attached hydrogens (tertiary/aromatic N) is 1. The SMILES string of the molecule is COC(=O)CC(O)Cc1cc(Br)c(OCc2cccc([N+](=O)[O-])c2Cl)c(Br)c1. The van der Waals surface area contributed by atoms with E-state index in [9.17, 15) is 20.0 Å². The first-order valence-corrected chi connectivity index (χ1v) is 9.96. The Morgan fingerprint density at radius 1 is 1.32 bits per heavy atom. The molecule has 1 atom stereocenters. The fourth-order valence-corrected chi connectivity index (χ4v) is 4.22. The molecule has 0 aliphatic carbocycles. The molecule has 0 radical (unpaired) electrons. The van der Waals surface area contributed by atoms with Crippen molar-refractivity contribution in [1.29, 1.82) is 0 Å². The molecule has 2 aromatic rings. The molecular formula is C18H16Br2ClNO6. The fraction of sp³-hybridized carbons (Fsp3) is 0.278. The summed E-state index contributed by atoms with van der Waals surface area (Å²) >= 11 is 12.9. The van der Waals surface area contributed by atoms with Crippen LogP contribution in [-0.4, -0.2) is 29.2 Å². The van der Waals surface area contributed by atoms with Crippen molar-refractivity contribution < 1.29 is 24.3 Å². The summed E-state index contributed by atoms with van der Waals surface area (Å²) in [6.07, 6.45) is -0.722. The summed E-state index contributed by atoms with van der Waals surface area (Å²) in [5.74, 6) is -0.00630. The molecule has 1 unspecified atom stereocenters. The molecule has 28 heavy (non-hydrogen) atoms. The van der Waals surface area contributed by atoms with E-state index in [1.165, 1.54) is 13.2 Å². The number of hydrogen-bond acceptors (Lipinski definition) is 6. The first-order chi connectivity index (χ1) is 13.2. The maximum atomic E-state index is 11.2. The molecule has 0 heterocycles. The van der Waals surface area contributed by atoms with Crippen LogP contribution in [0.5, 0.6) is 5.75 Å². The number of methoxy groups -OCH3 is 1. The molecule has 0 fully saturated rings. The lowest BCUT2D eigenvalue weighted by atomic mass is 10.1. The average Bonchev–Trinajstić information content (AvgIpc) is 2.61. The Labute approximate surface area is 183 Å². The van der Waals surface area contributed by atoms with Gasteiger partial charge < -0.3 is 14.6 Å². The normalized spacial score (nSPS) is 11.8. The number of aliphatic hydroxyl groups excluding tert-OH is 1. The highest BCUT2D eigenvalue weighted by molar-refractivity contribution is 9.11. The second kappa shape index (κ2) is 10.2. The van der Waals surface area contributed by atoms with Crippen LogP contribution in [0.1, 0.15) is 17.5 Å². The van der Waals surface area contributed by atoms with Crippen LogP contribution >= 0.6 is 43.5 Å². The lowest BCUT2D eigenvalue weighted by Crippen LogP contribution is -2.17. The number of nitro benzene ring substituents is 1. The van der Waals surface area contributed by atoms with Gasteiger partial charge in [0.15, 0.2) is 0 Å². The summed E-state index contributed by atoms with van der Waals surface area (Å²) in [7, 11) is 1.27. The van der Waals surface area contributed by atoms with Gasteiger partial charge in [-0.05, 0) is 56.0 Å². The van der Waals surface area contributed by atoms with Gasteiger partial charge in [-0.2, -0.15) is 0 Å². The van der Waals surface area contributed by atoms with E-state index < -0.39 is 17.0 Å². The molecule has 0 aromatic heterocycles. The molecular weight excluding hydrogens is 521 g/mol. The summed E-state index contributed by atoms with van der Waals surface area (Å²) in [6, 6.07) is 8.03. The second-order valence-electron chi connectivity index (χ2n) is 5.82. The van der Waals surface area contributed by atoms with E-state index in [0.717, 1.165) is 5.56 Å². The van der Waals surface area contributed by atoms with Crippen molar-refractivity contribution in [2.45, 2.75) is 25.6 Å². The number of carbonyl (C=O) groups is 1. The van der Waals surface area contributed by atoms with Crippen molar-refractivity contribution in [3.05, 3.63) is 65.5 Å². The van der Waals surface area contributed by atoms with Crippen LogP contribution in [0, 0.1) is 10.1 Å². The standard InChI is InChI=1S/C18H16Br2ClNO6/c1-27-16(24)8-12(23)5-10-6-13(19)18(14(20)7-10)28-9-11-3-2-4-15(17(11)21)22(25)26/h2-4,6-7,12,23H,5,8-9H2,1H3. The van der Waals surface area contributed by atoms with E-state index in [-0.39, 0.29) is 30.2 Å². The zero-order chi connectivity index (χ0) is 20.8. The minimum Gasteiger partial charge on any atom is -0.486 e. The zero-order valence-electron chi connectivity index (χ0n) is 14.7. The maximum Gasteiger partial charge on any atom is 0.308 e. The van der Waals surface area contributed by atoms with Crippen LogP contribution < -0.4 is 4.74 Å². The van der Waals surface area contributed by atoms with Crippen molar-refractivity contribution in [2.24, 2.45) is 0 Å². The molecule has 2 rings (SSSR count). The summed E-state index contributed by atoms with van der Waals surface area (Å²) in [5.41, 5.74) is 1.07. The average molecular weight is 538 g/mol. The Bertz CT molecular complexity index is 869. The molecule has 0 saturated carbocycles. The van der Waals surface area contributed by atoms with Gasteiger partial charge in [-0.3, -0.25) is 14.9 Å². The first kappa shape index (κ1) is 22.6. The van der Waals surface area contributed by atoms with Crippen LogP contribution in [0.15, 0.2) is 39.3 Å². The fourth-order valence-electron chi connectivity index (χ4n) is 2.46. The van der Waals surface area contributed by atoms with Crippen molar-refractivity contribution in [3.8, 4) is 5.75 Å². The van der Waals surface area contributed by atoms with Gasteiger partial charge in [0.2, 0.25) is 0 Å². The van der Waals surface area contributed by atoms with E-state index in [1.807, 2.05) is 0 Å². The summed E-state index contributed by atoms with van der Waals surface area (Å²) in [6.45, 7) is 0.0298. The van der Waals surface area contributed by atoms with Crippen LogP contribution in [0.3, 0.4) is 0 Å². The topological polar surface area (TPSA) is 98.9 Å². The molecule has 150 valence electrons. The third-order valence-electron chi connectivity index (χ3n) is 3.79. The van der Waals surface area contributed by atoms with Gasteiger partial charge in [-0.1, -0.05) is 23.7 Å². The largest absolute Gasteiger partial charge is 0.486 e. The third-order valence-corrected chi connectivity index (χ3v) is 5.40. The van der Waals surface area contributed by atoms with Gasteiger partial charge in [0, 0.05) is 11.6 Å². The maximum absolute atomic E-state index is 11.2. The third kappa shape index (κ3) is 5.91. The number of nitro groups is 1. The summed E-state index contributed by atoms with van der Waals surface area (Å²) in [5, 5.41) is 21.0. The Hall–Kier alpha value is -1.68. The monoisotopic (exact) mass is 535 g/mol. The van der Waals surface area contributed by atoms with Crippen LogP contribution in [0.2, 0.25) is 5.02 Å². The molecule has 0 aliphatic heterocycles. The van der Waals surface area contributed by atoms with Gasteiger partial charge in [0.1, 0.15) is 17.4 Å². The number of esters is 1. The minimum absolute atomic E-state index is 0.0298. The van der Waals surface area contributed by atoms with Crippen molar-refractivity contribution in [1.82, 2.24) is 0 Å². The van der Waals surface area contributed by atoms with Crippen LogP contribution in [-0.2, 0) is 22.6 Å². The van der Waals surface area contributed by atoms with Gasteiger partial charge in [-0.15, -0.1) is 0 Å². The molecule has 10 heteroatoms. The highest BCUT2D eigenvalue weighted by Crippen LogP contribution is 2.37. The van der Waals surface area contributed by atoms with Crippen LogP contribution in [0.4, 0.5) is 5.69 Å². The van der Waals surface area contributed by atoms with E-state index in [1.54, 1.807) is 24.3 Å². The molecule has 0 aliphatic rings. The summed E-state index contributed by atoms with van der Waals surface area (Å²) in [4.78, 5) is 21.7. The Balaban J connectivity index is 2.12. The van der Waals surface area contributed by atoms with Crippen LogP contribution in [0.25, 0.3) is 0 Å². The minimum atomic E-state index is -0.873. The Morgan fingerprint density at radius 2 is 1.96 bits per heavy atom. The number of benzene rings is 2. The van der Waals surface area contributed by atoms with Crippen molar-refractivity contribution >= 4 is 55.1 Å². The number of carbonyl (C=O) groups excluding carboxylic acids is 1. The Morgan fingerprint density at radius 3 is 2.54 bits per heavy atom. The van der Waals surface area contributed by atoms with Gasteiger partial charge in [-0.25, -0.2) is 0 Å². The second-order valence-corrected chi connectivity index (χ2v) is 7.91.